The minimum atomic E-state index is -4.38. The maximum absolute atomic E-state index is 12.8. The number of hydrogen-bond acceptors (Lipinski definition) is 2. The lowest BCUT2D eigenvalue weighted by Crippen LogP contribution is -2.28. The van der Waals surface area contributed by atoms with Gasteiger partial charge in [-0.2, -0.15) is 13.2 Å². The molecule has 1 aliphatic carbocycles. The van der Waals surface area contributed by atoms with Crippen LogP contribution in [0.25, 0.3) is 0 Å². The Bertz CT molecular complexity index is 510. The average Bonchev–Trinajstić information content (AvgIpc) is 3.18. The molecule has 0 amide bonds. The third kappa shape index (κ3) is 3.42. The molecular weight excluding hydrogens is 285 g/mol. The Hall–Kier alpha value is -1.30. The van der Waals surface area contributed by atoms with Crippen LogP contribution in [0.2, 0.25) is 0 Å². The molecule has 2 rings (SSSR count). The lowest BCUT2D eigenvalue weighted by Gasteiger charge is -2.26. The molecule has 6 heteroatoms. The smallest absolute Gasteiger partial charge is 0.389 e. The molecule has 0 bridgehead atoms. The third-order valence-corrected chi connectivity index (χ3v) is 3.71. The fraction of sp³-hybridized carbons (Fsp3) is 0.500. The van der Waals surface area contributed by atoms with Crippen LogP contribution in [-0.4, -0.2) is 18.1 Å². The van der Waals surface area contributed by atoms with Gasteiger partial charge < -0.3 is 10.6 Å². The fourth-order valence-electron chi connectivity index (χ4n) is 2.20. The van der Waals surface area contributed by atoms with Gasteiger partial charge in [-0.05, 0) is 43.9 Å². The molecule has 0 unspecified atom stereocenters. The van der Waals surface area contributed by atoms with Crippen molar-refractivity contribution in [3.8, 4) is 0 Å². The predicted molar refractivity (Wildman–Crippen MR) is 77.9 cm³/mol. The number of nitrogens with two attached hydrogens (primary N) is 1. The molecule has 0 spiro atoms. The van der Waals surface area contributed by atoms with Crippen molar-refractivity contribution in [2.24, 2.45) is 11.7 Å². The number of nitrogens with zero attached hydrogens (tertiary/aromatic N) is 1. The molecule has 0 radical (unpaired) electrons. The Morgan fingerprint density at radius 3 is 2.50 bits per heavy atom. The summed E-state index contributed by atoms with van der Waals surface area (Å²) >= 11 is 4.91. The Kier molecular flexibility index (Phi) is 4.22. The van der Waals surface area contributed by atoms with Crippen molar-refractivity contribution in [2.45, 2.75) is 25.9 Å². The molecule has 20 heavy (non-hydrogen) atoms. The molecular formula is C14H17F3N2S. The zero-order chi connectivity index (χ0) is 14.9. The molecule has 1 aromatic carbocycles. The summed E-state index contributed by atoms with van der Waals surface area (Å²) in [5.41, 5.74) is 5.88. The monoisotopic (exact) mass is 302 g/mol. The van der Waals surface area contributed by atoms with Crippen LogP contribution in [0.1, 0.15) is 30.9 Å². The van der Waals surface area contributed by atoms with E-state index in [0.29, 0.717) is 17.2 Å². The quantitative estimate of drug-likeness (QED) is 0.843. The Labute approximate surface area is 121 Å². The maximum atomic E-state index is 12.8. The maximum Gasteiger partial charge on any atom is 0.416 e. The molecule has 1 aliphatic rings. The Balaban J connectivity index is 2.38. The van der Waals surface area contributed by atoms with Crippen LogP contribution >= 0.6 is 12.2 Å². The van der Waals surface area contributed by atoms with Gasteiger partial charge in [-0.3, -0.25) is 0 Å². The minimum Gasteiger partial charge on any atom is -0.389 e. The van der Waals surface area contributed by atoms with Gasteiger partial charge in [-0.1, -0.05) is 12.2 Å². The van der Waals surface area contributed by atoms with Crippen molar-refractivity contribution in [2.75, 3.05) is 18.0 Å². The summed E-state index contributed by atoms with van der Waals surface area (Å²) in [4.78, 5) is 2.05. The van der Waals surface area contributed by atoms with E-state index in [1.165, 1.54) is 18.9 Å². The van der Waals surface area contributed by atoms with E-state index in [1.54, 1.807) is 0 Å². The van der Waals surface area contributed by atoms with E-state index in [9.17, 15) is 13.2 Å². The third-order valence-electron chi connectivity index (χ3n) is 3.49. The van der Waals surface area contributed by atoms with Crippen LogP contribution in [0.3, 0.4) is 0 Å². The predicted octanol–water partition coefficient (Wildman–Crippen LogP) is 3.58. The van der Waals surface area contributed by atoms with Gasteiger partial charge in [-0.25, -0.2) is 0 Å². The number of benzene rings is 1. The van der Waals surface area contributed by atoms with Crippen LogP contribution in [0.4, 0.5) is 18.9 Å². The van der Waals surface area contributed by atoms with Gasteiger partial charge >= 0.3 is 6.18 Å². The summed E-state index contributed by atoms with van der Waals surface area (Å²) in [5.74, 6) is 0.636. The fourth-order valence-corrected chi connectivity index (χ4v) is 2.36. The van der Waals surface area contributed by atoms with E-state index in [4.69, 9.17) is 18.0 Å². The standard InChI is InChI=1S/C14H17F3N2S/c1-2-19(8-9-3-4-9)12-6-5-10(14(15,16)17)7-11(12)13(18)20/h5-7,9H,2-4,8H2,1H3,(H2,18,20). The molecule has 1 aromatic rings. The molecule has 110 valence electrons. The first-order valence-electron chi connectivity index (χ1n) is 6.59. The molecule has 1 saturated carbocycles. The molecule has 0 atom stereocenters. The summed E-state index contributed by atoms with van der Waals surface area (Å²) in [5, 5.41) is 0. The number of thiocarbonyl (C=S) groups is 1. The van der Waals surface area contributed by atoms with E-state index in [2.05, 4.69) is 0 Å². The first-order chi connectivity index (χ1) is 9.32. The Morgan fingerprint density at radius 2 is 2.05 bits per heavy atom. The van der Waals surface area contributed by atoms with Crippen LogP contribution in [-0.2, 0) is 6.18 Å². The minimum absolute atomic E-state index is 0.000321. The van der Waals surface area contributed by atoms with Crippen LogP contribution < -0.4 is 10.6 Å². The first kappa shape index (κ1) is 15.1. The van der Waals surface area contributed by atoms with Gasteiger partial charge in [-0.15, -0.1) is 0 Å². The normalized spacial score (nSPS) is 15.2. The number of halogens is 3. The molecule has 0 aliphatic heterocycles. The lowest BCUT2D eigenvalue weighted by atomic mass is 10.1. The van der Waals surface area contributed by atoms with E-state index >= 15 is 0 Å². The number of anilines is 1. The van der Waals surface area contributed by atoms with Crippen molar-refractivity contribution in [1.82, 2.24) is 0 Å². The van der Waals surface area contributed by atoms with Gasteiger partial charge in [0.05, 0.1) is 5.56 Å². The summed E-state index contributed by atoms with van der Waals surface area (Å²) in [6.07, 6.45) is -2.02. The molecule has 2 N–H and O–H groups in total. The highest BCUT2D eigenvalue weighted by Gasteiger charge is 2.32. The summed E-state index contributed by atoms with van der Waals surface area (Å²) in [6, 6.07) is 3.61. The van der Waals surface area contributed by atoms with Gasteiger partial charge in [0.2, 0.25) is 0 Å². The van der Waals surface area contributed by atoms with Crippen molar-refractivity contribution in [3.63, 3.8) is 0 Å². The van der Waals surface area contributed by atoms with Crippen LogP contribution in [0.15, 0.2) is 18.2 Å². The largest absolute Gasteiger partial charge is 0.416 e. The molecule has 0 aromatic heterocycles. The van der Waals surface area contributed by atoms with Crippen molar-refractivity contribution in [3.05, 3.63) is 29.3 Å². The number of hydrogen-bond donors (Lipinski definition) is 1. The highest BCUT2D eigenvalue weighted by Crippen LogP contribution is 2.35. The Morgan fingerprint density at radius 1 is 1.40 bits per heavy atom. The lowest BCUT2D eigenvalue weighted by molar-refractivity contribution is -0.137. The second-order valence-corrected chi connectivity index (χ2v) is 5.52. The summed E-state index contributed by atoms with van der Waals surface area (Å²) in [7, 11) is 0. The van der Waals surface area contributed by atoms with E-state index < -0.39 is 11.7 Å². The second-order valence-electron chi connectivity index (χ2n) is 5.08. The van der Waals surface area contributed by atoms with Gasteiger partial charge in [0.25, 0.3) is 0 Å². The summed E-state index contributed by atoms with van der Waals surface area (Å²) < 4.78 is 38.3. The first-order valence-corrected chi connectivity index (χ1v) is 6.99. The number of alkyl halides is 3. The van der Waals surface area contributed by atoms with E-state index in [0.717, 1.165) is 25.2 Å². The highest BCUT2D eigenvalue weighted by molar-refractivity contribution is 7.80. The van der Waals surface area contributed by atoms with Crippen LogP contribution in [0.5, 0.6) is 0 Å². The zero-order valence-corrected chi connectivity index (χ0v) is 12.0. The van der Waals surface area contributed by atoms with Gasteiger partial charge in [0.1, 0.15) is 4.99 Å². The van der Waals surface area contributed by atoms with Gasteiger partial charge in [0, 0.05) is 24.3 Å². The second kappa shape index (κ2) is 5.60. The SMILES string of the molecule is CCN(CC1CC1)c1ccc(C(F)(F)F)cc1C(N)=S. The topological polar surface area (TPSA) is 29.3 Å². The number of rotatable bonds is 5. The molecule has 0 saturated heterocycles. The summed E-state index contributed by atoms with van der Waals surface area (Å²) in [6.45, 7) is 3.54. The van der Waals surface area contributed by atoms with Gasteiger partial charge in [0.15, 0.2) is 0 Å². The zero-order valence-electron chi connectivity index (χ0n) is 11.2. The molecule has 0 heterocycles. The molecule has 2 nitrogen and oxygen atoms in total. The van der Waals surface area contributed by atoms with Crippen molar-refractivity contribution in [1.29, 1.82) is 0 Å². The van der Waals surface area contributed by atoms with Crippen molar-refractivity contribution < 1.29 is 13.2 Å². The van der Waals surface area contributed by atoms with E-state index in [-0.39, 0.29) is 4.99 Å². The van der Waals surface area contributed by atoms with Crippen molar-refractivity contribution >= 4 is 22.9 Å². The van der Waals surface area contributed by atoms with E-state index in [1.807, 2.05) is 11.8 Å². The average molecular weight is 302 g/mol. The highest BCUT2D eigenvalue weighted by atomic mass is 32.1. The molecule has 1 fully saturated rings. The van der Waals surface area contributed by atoms with Crippen LogP contribution in [0, 0.1) is 5.92 Å².